The highest BCUT2D eigenvalue weighted by molar-refractivity contribution is 5.96. The van der Waals surface area contributed by atoms with Gasteiger partial charge in [0.15, 0.2) is 6.61 Å². The van der Waals surface area contributed by atoms with Crippen molar-refractivity contribution in [3.63, 3.8) is 0 Å². The van der Waals surface area contributed by atoms with Crippen LogP contribution in [0.15, 0.2) is 36.4 Å². The Hall–Kier alpha value is -3.16. The number of ether oxygens (including phenoxy) is 1. The molecular weight excluding hydrogens is 350 g/mol. The number of benzene rings is 1. The van der Waals surface area contributed by atoms with Gasteiger partial charge in [0, 0.05) is 12.6 Å². The van der Waals surface area contributed by atoms with Gasteiger partial charge in [0.25, 0.3) is 5.91 Å². The number of nitrogens with one attached hydrogen (secondary N) is 3. The Balaban J connectivity index is 2.32. The van der Waals surface area contributed by atoms with Gasteiger partial charge in [0.05, 0.1) is 0 Å². The second kappa shape index (κ2) is 11.5. The molecule has 0 saturated heterocycles. The van der Waals surface area contributed by atoms with Crippen LogP contribution in [0.25, 0.3) is 6.08 Å². The van der Waals surface area contributed by atoms with E-state index in [0.29, 0.717) is 6.54 Å². The number of imide groups is 1. The topological polar surface area (TPSA) is 114 Å². The number of hydrogen-bond acceptors (Lipinski definition) is 5. The van der Waals surface area contributed by atoms with Crippen LogP contribution in [0.3, 0.4) is 0 Å². The van der Waals surface area contributed by atoms with Crippen LogP contribution < -0.4 is 16.0 Å². The third-order valence-electron chi connectivity index (χ3n) is 3.21. The number of esters is 1. The van der Waals surface area contributed by atoms with Crippen molar-refractivity contribution in [2.75, 3.05) is 13.2 Å². The number of carbonyl (C=O) groups excluding carboxylic acids is 4. The number of amides is 4. The van der Waals surface area contributed by atoms with Gasteiger partial charge >= 0.3 is 12.0 Å². The van der Waals surface area contributed by atoms with Crippen molar-refractivity contribution >= 4 is 29.9 Å². The SMILES string of the molecule is CC(C)CNC(=O)NC(=O)COC(=O)[C@H](C)NC(=O)/C=C/c1ccccc1. The number of rotatable bonds is 8. The molecule has 27 heavy (non-hydrogen) atoms. The van der Waals surface area contributed by atoms with E-state index in [0.717, 1.165) is 5.56 Å². The highest BCUT2D eigenvalue weighted by Gasteiger charge is 2.18. The summed E-state index contributed by atoms with van der Waals surface area (Å²) in [7, 11) is 0. The minimum atomic E-state index is -0.944. The van der Waals surface area contributed by atoms with Crippen LogP contribution in [-0.2, 0) is 19.1 Å². The summed E-state index contributed by atoms with van der Waals surface area (Å²) in [4.78, 5) is 46.6. The lowest BCUT2D eigenvalue weighted by atomic mass is 10.2. The van der Waals surface area contributed by atoms with Crippen molar-refractivity contribution < 1.29 is 23.9 Å². The zero-order valence-corrected chi connectivity index (χ0v) is 15.7. The van der Waals surface area contributed by atoms with E-state index in [4.69, 9.17) is 4.74 Å². The van der Waals surface area contributed by atoms with E-state index < -0.39 is 36.5 Å². The Morgan fingerprint density at radius 3 is 2.37 bits per heavy atom. The van der Waals surface area contributed by atoms with Crippen LogP contribution in [0.4, 0.5) is 4.79 Å². The van der Waals surface area contributed by atoms with Crippen LogP contribution in [0.1, 0.15) is 26.3 Å². The molecule has 0 saturated carbocycles. The van der Waals surface area contributed by atoms with Crippen molar-refractivity contribution in [1.82, 2.24) is 16.0 Å². The van der Waals surface area contributed by atoms with Crippen LogP contribution in [0.5, 0.6) is 0 Å². The predicted octanol–water partition coefficient (Wildman–Crippen LogP) is 1.23. The zero-order chi connectivity index (χ0) is 20.2. The molecule has 0 aliphatic carbocycles. The largest absolute Gasteiger partial charge is 0.454 e. The first-order valence-corrected chi connectivity index (χ1v) is 8.56. The highest BCUT2D eigenvalue weighted by atomic mass is 16.5. The molecule has 0 bridgehead atoms. The van der Waals surface area contributed by atoms with Gasteiger partial charge in [0.2, 0.25) is 5.91 Å². The van der Waals surface area contributed by atoms with E-state index in [1.165, 1.54) is 13.0 Å². The Bertz CT molecular complexity index is 686. The van der Waals surface area contributed by atoms with Gasteiger partial charge in [-0.2, -0.15) is 0 Å². The molecular formula is C19H25N3O5. The molecule has 0 aliphatic rings. The first-order valence-electron chi connectivity index (χ1n) is 8.56. The van der Waals surface area contributed by atoms with Crippen molar-refractivity contribution in [1.29, 1.82) is 0 Å². The summed E-state index contributed by atoms with van der Waals surface area (Å²) in [6, 6.07) is 7.60. The average Bonchev–Trinajstić information content (AvgIpc) is 2.63. The molecule has 1 rings (SSSR count). The van der Waals surface area contributed by atoms with Gasteiger partial charge in [-0.25, -0.2) is 9.59 Å². The molecule has 3 N–H and O–H groups in total. The van der Waals surface area contributed by atoms with E-state index >= 15 is 0 Å². The molecule has 1 aromatic rings. The maximum Gasteiger partial charge on any atom is 0.328 e. The Morgan fingerprint density at radius 2 is 1.74 bits per heavy atom. The minimum Gasteiger partial charge on any atom is -0.454 e. The van der Waals surface area contributed by atoms with Crippen molar-refractivity contribution in [3.8, 4) is 0 Å². The summed E-state index contributed by atoms with van der Waals surface area (Å²) in [6.45, 7) is 5.06. The second-order valence-corrected chi connectivity index (χ2v) is 6.23. The van der Waals surface area contributed by atoms with E-state index in [-0.39, 0.29) is 5.92 Å². The molecule has 0 radical (unpaired) electrons. The summed E-state index contributed by atoms with van der Waals surface area (Å²) in [5.74, 6) is -1.77. The quantitative estimate of drug-likeness (QED) is 0.467. The third-order valence-corrected chi connectivity index (χ3v) is 3.21. The third kappa shape index (κ3) is 9.78. The molecule has 146 valence electrons. The lowest BCUT2D eigenvalue weighted by Gasteiger charge is -2.12. The summed E-state index contributed by atoms with van der Waals surface area (Å²) >= 11 is 0. The summed E-state index contributed by atoms with van der Waals surface area (Å²) in [5.41, 5.74) is 0.843. The molecule has 8 heteroatoms. The second-order valence-electron chi connectivity index (χ2n) is 6.23. The molecule has 4 amide bonds. The first-order chi connectivity index (χ1) is 12.8. The molecule has 1 aromatic carbocycles. The predicted molar refractivity (Wildman–Crippen MR) is 100 cm³/mol. The molecule has 0 fully saturated rings. The normalized spacial score (nSPS) is 11.7. The van der Waals surface area contributed by atoms with Crippen LogP contribution in [0, 0.1) is 5.92 Å². The fraction of sp³-hybridized carbons (Fsp3) is 0.368. The first kappa shape index (κ1) is 21.9. The number of hydrogen-bond donors (Lipinski definition) is 3. The maximum absolute atomic E-state index is 11.8. The maximum atomic E-state index is 11.8. The van der Waals surface area contributed by atoms with Crippen molar-refractivity contribution in [3.05, 3.63) is 42.0 Å². The van der Waals surface area contributed by atoms with Gasteiger partial charge in [-0.3, -0.25) is 14.9 Å². The summed E-state index contributed by atoms with van der Waals surface area (Å²) in [6.07, 6.45) is 2.90. The van der Waals surface area contributed by atoms with Crippen LogP contribution >= 0.6 is 0 Å². The van der Waals surface area contributed by atoms with Crippen molar-refractivity contribution in [2.24, 2.45) is 5.92 Å². The Morgan fingerprint density at radius 1 is 1.07 bits per heavy atom. The fourth-order valence-corrected chi connectivity index (χ4v) is 1.82. The molecule has 1 atom stereocenters. The van der Waals surface area contributed by atoms with Gasteiger partial charge < -0.3 is 15.4 Å². The van der Waals surface area contributed by atoms with E-state index in [2.05, 4.69) is 10.6 Å². The smallest absolute Gasteiger partial charge is 0.328 e. The summed E-state index contributed by atoms with van der Waals surface area (Å²) in [5, 5.41) is 6.98. The standard InChI is InChI=1S/C19H25N3O5/c1-13(2)11-20-19(26)22-17(24)12-27-18(25)14(3)21-16(23)10-9-15-7-5-4-6-8-15/h4-10,13-14H,11-12H2,1-3H3,(H,21,23)(H2,20,22,24,26)/b10-9+/t14-/m0/s1. The van der Waals surface area contributed by atoms with Gasteiger partial charge in [-0.05, 0) is 24.5 Å². The summed E-state index contributed by atoms with van der Waals surface area (Å²) < 4.78 is 4.79. The molecule has 0 spiro atoms. The van der Waals surface area contributed by atoms with Crippen molar-refractivity contribution in [2.45, 2.75) is 26.8 Å². The number of carbonyl (C=O) groups is 4. The number of urea groups is 1. The zero-order valence-electron chi connectivity index (χ0n) is 15.7. The van der Waals surface area contributed by atoms with Gasteiger partial charge in [-0.1, -0.05) is 44.2 Å². The van der Waals surface area contributed by atoms with Gasteiger partial charge in [-0.15, -0.1) is 0 Å². The van der Waals surface area contributed by atoms with E-state index in [1.54, 1.807) is 6.08 Å². The average molecular weight is 375 g/mol. The Kier molecular flexibility index (Phi) is 9.28. The lowest BCUT2D eigenvalue weighted by Crippen LogP contribution is -2.44. The molecule has 0 aromatic heterocycles. The van der Waals surface area contributed by atoms with Crippen LogP contribution in [0.2, 0.25) is 0 Å². The van der Waals surface area contributed by atoms with E-state index in [9.17, 15) is 19.2 Å². The molecule has 0 unspecified atom stereocenters. The fourth-order valence-electron chi connectivity index (χ4n) is 1.82. The molecule has 0 aliphatic heterocycles. The minimum absolute atomic E-state index is 0.240. The van der Waals surface area contributed by atoms with E-state index in [1.807, 2.05) is 49.5 Å². The molecule has 0 heterocycles. The van der Waals surface area contributed by atoms with Gasteiger partial charge in [0.1, 0.15) is 6.04 Å². The molecule has 8 nitrogen and oxygen atoms in total. The van der Waals surface area contributed by atoms with Crippen LogP contribution in [-0.4, -0.2) is 43.0 Å². The monoisotopic (exact) mass is 375 g/mol. The Labute approximate surface area is 158 Å². The lowest BCUT2D eigenvalue weighted by molar-refractivity contribution is -0.150. The highest BCUT2D eigenvalue weighted by Crippen LogP contribution is 2.00.